The van der Waals surface area contributed by atoms with Crippen LogP contribution in [0.2, 0.25) is 0 Å². The Labute approximate surface area is 161 Å². The van der Waals surface area contributed by atoms with Crippen molar-refractivity contribution in [2.45, 2.75) is 25.7 Å². The Bertz CT molecular complexity index is 888. The van der Waals surface area contributed by atoms with Crippen LogP contribution in [0.25, 0.3) is 11.0 Å². The Hall–Kier alpha value is -1.71. The molecule has 0 amide bonds. The van der Waals surface area contributed by atoms with Crippen LogP contribution in [0.15, 0.2) is 12.4 Å². The minimum absolute atomic E-state index is 0.158. The van der Waals surface area contributed by atoms with Crippen molar-refractivity contribution in [3.05, 3.63) is 18.1 Å². The number of anilines is 1. The molecule has 1 saturated heterocycles. The zero-order valence-electron chi connectivity index (χ0n) is 16.6. The number of methoxy groups -OCH3 is 1. The first-order valence-electron chi connectivity index (χ1n) is 9.37. The van der Waals surface area contributed by atoms with Crippen LogP contribution in [0.4, 0.5) is 5.82 Å². The molecule has 0 spiro atoms. The number of ether oxygens (including phenoxy) is 1. The zero-order chi connectivity index (χ0) is 19.6. The van der Waals surface area contributed by atoms with Crippen molar-refractivity contribution in [1.29, 1.82) is 0 Å². The number of sulfonamides is 1. The van der Waals surface area contributed by atoms with Crippen LogP contribution >= 0.6 is 0 Å². The summed E-state index contributed by atoms with van der Waals surface area (Å²) >= 11 is 0. The van der Waals surface area contributed by atoms with Gasteiger partial charge < -0.3 is 14.2 Å². The summed E-state index contributed by atoms with van der Waals surface area (Å²) < 4.78 is 33.0. The topological polar surface area (TPSA) is 80.6 Å². The van der Waals surface area contributed by atoms with Crippen LogP contribution in [0.3, 0.4) is 0 Å². The van der Waals surface area contributed by atoms with Crippen LogP contribution in [-0.2, 0) is 21.8 Å². The molecule has 27 heavy (non-hydrogen) atoms. The van der Waals surface area contributed by atoms with Crippen molar-refractivity contribution in [3.63, 3.8) is 0 Å². The number of imidazole rings is 1. The van der Waals surface area contributed by atoms with Gasteiger partial charge in [-0.2, -0.15) is 0 Å². The van der Waals surface area contributed by atoms with E-state index in [1.807, 2.05) is 18.7 Å². The number of piperidine rings is 1. The molecular formula is C18H29N5O3S. The first-order chi connectivity index (χ1) is 12.9. The molecule has 0 aromatic carbocycles. The number of likely N-dealkylation sites (N-methyl/N-ethyl adjacent to an activating group) is 1. The number of fused-ring (bicyclic) bond motifs is 1. The fourth-order valence-corrected chi connectivity index (χ4v) is 4.68. The Kier molecular flexibility index (Phi) is 6.02. The molecule has 2 aromatic heterocycles. The van der Waals surface area contributed by atoms with E-state index in [0.29, 0.717) is 19.7 Å². The maximum Gasteiger partial charge on any atom is 0.213 e. The molecule has 0 radical (unpaired) electrons. The molecule has 0 aliphatic carbocycles. The molecule has 0 N–H and O–H groups in total. The predicted octanol–water partition coefficient (Wildman–Crippen LogP) is 1.58. The number of aromatic nitrogens is 3. The van der Waals surface area contributed by atoms with Gasteiger partial charge in [0.15, 0.2) is 5.82 Å². The molecule has 0 bridgehead atoms. The highest BCUT2D eigenvalue weighted by molar-refractivity contribution is 7.89. The smallest absolute Gasteiger partial charge is 0.213 e. The SMILES string of the molecule is CCS(=O)(=O)N1CCC(c2cc3c(ncn3C)c(N(C)CCOC)n2)CC1. The Morgan fingerprint density at radius 1 is 1.33 bits per heavy atom. The standard InChI is InChI=1S/C18H29N5O3S/c1-5-27(24,25)23-8-6-14(7-9-23)15-12-16-17(19-13-22(16)3)18(20-15)21(2)10-11-26-4/h12-14H,5-11H2,1-4H3. The predicted molar refractivity (Wildman–Crippen MR) is 107 cm³/mol. The zero-order valence-corrected chi connectivity index (χ0v) is 17.4. The van der Waals surface area contributed by atoms with Gasteiger partial charge in [-0.3, -0.25) is 0 Å². The van der Waals surface area contributed by atoms with Gasteiger partial charge in [-0.1, -0.05) is 0 Å². The van der Waals surface area contributed by atoms with Crippen LogP contribution in [-0.4, -0.2) is 73.4 Å². The summed E-state index contributed by atoms with van der Waals surface area (Å²) in [5.74, 6) is 1.26. The van der Waals surface area contributed by atoms with E-state index in [1.54, 1.807) is 24.7 Å². The third-order valence-electron chi connectivity index (χ3n) is 5.34. The molecule has 0 saturated carbocycles. The number of aryl methyl sites for hydroxylation is 1. The molecule has 0 unspecified atom stereocenters. The van der Waals surface area contributed by atoms with Crippen LogP contribution in [0.5, 0.6) is 0 Å². The van der Waals surface area contributed by atoms with E-state index in [2.05, 4.69) is 16.0 Å². The molecule has 1 aliphatic heterocycles. The van der Waals surface area contributed by atoms with E-state index in [1.165, 1.54) is 0 Å². The number of hydrogen-bond donors (Lipinski definition) is 0. The van der Waals surface area contributed by atoms with Gasteiger partial charge in [-0.15, -0.1) is 0 Å². The quantitative estimate of drug-likeness (QED) is 0.708. The summed E-state index contributed by atoms with van der Waals surface area (Å²) in [5, 5.41) is 0. The molecule has 0 atom stereocenters. The molecule has 1 fully saturated rings. The van der Waals surface area contributed by atoms with Gasteiger partial charge in [-0.25, -0.2) is 22.7 Å². The van der Waals surface area contributed by atoms with E-state index in [0.717, 1.165) is 41.9 Å². The molecule has 2 aromatic rings. The van der Waals surface area contributed by atoms with Crippen molar-refractivity contribution in [2.75, 3.05) is 51.1 Å². The number of nitrogens with zero attached hydrogens (tertiary/aromatic N) is 5. The van der Waals surface area contributed by atoms with E-state index in [9.17, 15) is 8.42 Å². The Morgan fingerprint density at radius 2 is 2.04 bits per heavy atom. The van der Waals surface area contributed by atoms with Crippen LogP contribution in [0, 0.1) is 0 Å². The number of hydrogen-bond acceptors (Lipinski definition) is 6. The third-order valence-corrected chi connectivity index (χ3v) is 7.22. The second kappa shape index (κ2) is 8.12. The lowest BCUT2D eigenvalue weighted by Gasteiger charge is -2.31. The third kappa shape index (κ3) is 4.09. The lowest BCUT2D eigenvalue weighted by Crippen LogP contribution is -2.38. The summed E-state index contributed by atoms with van der Waals surface area (Å²) in [7, 11) is 2.55. The molecule has 9 heteroatoms. The van der Waals surface area contributed by atoms with Gasteiger partial charge in [0.2, 0.25) is 10.0 Å². The Balaban J connectivity index is 1.88. The molecule has 1 aliphatic rings. The van der Waals surface area contributed by atoms with E-state index in [4.69, 9.17) is 9.72 Å². The highest BCUT2D eigenvalue weighted by Crippen LogP contribution is 2.32. The minimum Gasteiger partial charge on any atom is -0.383 e. The minimum atomic E-state index is -3.11. The second-order valence-electron chi connectivity index (χ2n) is 7.08. The average molecular weight is 396 g/mol. The number of rotatable bonds is 7. The molecular weight excluding hydrogens is 366 g/mol. The average Bonchev–Trinajstić information content (AvgIpc) is 3.06. The normalized spacial score (nSPS) is 16.9. The lowest BCUT2D eigenvalue weighted by molar-refractivity contribution is 0.206. The van der Waals surface area contributed by atoms with Gasteiger partial charge in [0.1, 0.15) is 5.52 Å². The van der Waals surface area contributed by atoms with Crippen molar-refractivity contribution >= 4 is 26.9 Å². The highest BCUT2D eigenvalue weighted by Gasteiger charge is 2.29. The summed E-state index contributed by atoms with van der Waals surface area (Å²) in [6.07, 6.45) is 3.38. The van der Waals surface area contributed by atoms with Crippen molar-refractivity contribution in [3.8, 4) is 0 Å². The largest absolute Gasteiger partial charge is 0.383 e. The van der Waals surface area contributed by atoms with Gasteiger partial charge >= 0.3 is 0 Å². The molecule has 3 heterocycles. The fourth-order valence-electron chi connectivity index (χ4n) is 3.55. The fraction of sp³-hybridized carbons (Fsp3) is 0.667. The van der Waals surface area contributed by atoms with Crippen molar-refractivity contribution in [2.24, 2.45) is 7.05 Å². The molecule has 3 rings (SSSR count). The van der Waals surface area contributed by atoms with Crippen molar-refractivity contribution < 1.29 is 13.2 Å². The number of pyridine rings is 1. The first-order valence-corrected chi connectivity index (χ1v) is 11.0. The van der Waals surface area contributed by atoms with E-state index >= 15 is 0 Å². The monoisotopic (exact) mass is 395 g/mol. The van der Waals surface area contributed by atoms with Gasteiger partial charge in [0.25, 0.3) is 0 Å². The maximum absolute atomic E-state index is 12.1. The molecule has 150 valence electrons. The van der Waals surface area contributed by atoms with Gasteiger partial charge in [-0.05, 0) is 25.8 Å². The van der Waals surface area contributed by atoms with Gasteiger partial charge in [0, 0.05) is 52.5 Å². The van der Waals surface area contributed by atoms with Crippen LogP contribution < -0.4 is 4.90 Å². The molecule has 8 nitrogen and oxygen atoms in total. The van der Waals surface area contributed by atoms with Crippen molar-refractivity contribution in [1.82, 2.24) is 18.8 Å². The first kappa shape index (κ1) is 20.0. The Morgan fingerprint density at radius 3 is 2.67 bits per heavy atom. The summed E-state index contributed by atoms with van der Waals surface area (Å²) in [6, 6.07) is 2.10. The van der Waals surface area contributed by atoms with E-state index < -0.39 is 10.0 Å². The van der Waals surface area contributed by atoms with E-state index in [-0.39, 0.29) is 11.7 Å². The summed E-state index contributed by atoms with van der Waals surface area (Å²) in [4.78, 5) is 11.5. The highest BCUT2D eigenvalue weighted by atomic mass is 32.2. The van der Waals surface area contributed by atoms with Crippen LogP contribution in [0.1, 0.15) is 31.4 Å². The lowest BCUT2D eigenvalue weighted by atomic mass is 9.94. The maximum atomic E-state index is 12.1. The van der Waals surface area contributed by atoms with Gasteiger partial charge in [0.05, 0.1) is 24.2 Å². The summed E-state index contributed by atoms with van der Waals surface area (Å²) in [5.41, 5.74) is 2.94. The second-order valence-corrected chi connectivity index (χ2v) is 9.34. The summed E-state index contributed by atoms with van der Waals surface area (Å²) in [6.45, 7) is 4.15.